The molecule has 0 saturated carbocycles. The van der Waals surface area contributed by atoms with Gasteiger partial charge >= 0.3 is 11.9 Å². The van der Waals surface area contributed by atoms with Gasteiger partial charge in [0.15, 0.2) is 6.10 Å². The molecule has 0 amide bonds. The van der Waals surface area contributed by atoms with E-state index in [0.717, 1.165) is 0 Å². The van der Waals surface area contributed by atoms with Crippen molar-refractivity contribution in [2.75, 3.05) is 0 Å². The van der Waals surface area contributed by atoms with Crippen LogP contribution in [0.1, 0.15) is 6.42 Å². The molecule has 96 valence electrons. The molecule has 0 aliphatic heterocycles. The quantitative estimate of drug-likeness (QED) is 0.140. The fraction of sp³-hybridized carbons (Fsp3) is 0.333. The molecule has 11 heteroatoms. The Balaban J connectivity index is 4.12. The standard InChI is InChI=1S/C6H12N6O5/c7-5(8)11-16-3(14)1-2(13)4(15)17-12-6(9)10/h2,13H,1H2,(H4,7,8,11)(H4,9,10,12). The first-order chi connectivity index (χ1) is 7.82. The van der Waals surface area contributed by atoms with E-state index in [0.29, 0.717) is 0 Å². The summed E-state index contributed by atoms with van der Waals surface area (Å²) in [7, 11) is 0. The lowest BCUT2D eigenvalue weighted by Crippen LogP contribution is -2.29. The highest BCUT2D eigenvalue weighted by Crippen LogP contribution is 1.98. The van der Waals surface area contributed by atoms with Crippen LogP contribution in [0.15, 0.2) is 10.3 Å². The number of rotatable bonds is 5. The zero-order chi connectivity index (χ0) is 13.4. The summed E-state index contributed by atoms with van der Waals surface area (Å²) in [6.07, 6.45) is -2.53. The molecule has 0 aromatic heterocycles. The molecule has 0 aromatic rings. The van der Waals surface area contributed by atoms with Gasteiger partial charge in [0.1, 0.15) is 0 Å². The van der Waals surface area contributed by atoms with Gasteiger partial charge in [-0.25, -0.2) is 9.59 Å². The lowest BCUT2D eigenvalue weighted by molar-refractivity contribution is -0.160. The molecule has 0 saturated heterocycles. The molecule has 0 fully saturated rings. The first-order valence-corrected chi connectivity index (χ1v) is 4.09. The van der Waals surface area contributed by atoms with Gasteiger partial charge in [-0.05, 0) is 10.3 Å². The zero-order valence-electron chi connectivity index (χ0n) is 8.57. The van der Waals surface area contributed by atoms with Crippen molar-refractivity contribution in [3.05, 3.63) is 0 Å². The number of aliphatic hydroxyl groups excluding tert-OH is 1. The number of oxime groups is 2. The molecule has 0 spiro atoms. The summed E-state index contributed by atoms with van der Waals surface area (Å²) < 4.78 is 0. The Morgan fingerprint density at radius 3 is 2.00 bits per heavy atom. The lowest BCUT2D eigenvalue weighted by atomic mass is 10.3. The number of nitrogens with two attached hydrogens (primary N) is 4. The van der Waals surface area contributed by atoms with Crippen LogP contribution in [-0.2, 0) is 19.3 Å². The summed E-state index contributed by atoms with van der Waals surface area (Å²) in [5.74, 6) is -3.29. The number of carbonyl (C=O) groups is 2. The van der Waals surface area contributed by atoms with Crippen LogP contribution in [0.2, 0.25) is 0 Å². The van der Waals surface area contributed by atoms with E-state index in [9.17, 15) is 9.59 Å². The average molecular weight is 248 g/mol. The molecule has 0 aliphatic rings. The minimum atomic E-state index is -1.81. The molecule has 9 N–H and O–H groups in total. The zero-order valence-corrected chi connectivity index (χ0v) is 8.57. The van der Waals surface area contributed by atoms with E-state index in [-0.39, 0.29) is 0 Å². The summed E-state index contributed by atoms with van der Waals surface area (Å²) in [6, 6.07) is 0. The summed E-state index contributed by atoms with van der Waals surface area (Å²) in [5, 5.41) is 14.9. The molecule has 0 radical (unpaired) electrons. The van der Waals surface area contributed by atoms with Crippen molar-refractivity contribution in [1.82, 2.24) is 0 Å². The van der Waals surface area contributed by atoms with Crippen LogP contribution in [0.4, 0.5) is 0 Å². The van der Waals surface area contributed by atoms with Crippen molar-refractivity contribution >= 4 is 23.9 Å². The highest BCUT2D eigenvalue weighted by Gasteiger charge is 2.22. The van der Waals surface area contributed by atoms with E-state index in [1.165, 1.54) is 0 Å². The number of hydrogen-bond acceptors (Lipinski definition) is 7. The van der Waals surface area contributed by atoms with E-state index < -0.39 is 36.4 Å². The molecule has 1 atom stereocenters. The highest BCUT2D eigenvalue weighted by molar-refractivity contribution is 5.83. The van der Waals surface area contributed by atoms with Crippen LogP contribution in [0, 0.1) is 0 Å². The maximum atomic E-state index is 10.9. The van der Waals surface area contributed by atoms with Gasteiger partial charge in [0, 0.05) is 0 Å². The maximum Gasteiger partial charge on any atom is 0.363 e. The number of guanidine groups is 2. The minimum Gasteiger partial charge on any atom is -0.381 e. The van der Waals surface area contributed by atoms with E-state index >= 15 is 0 Å². The molecule has 11 nitrogen and oxygen atoms in total. The molecule has 0 heterocycles. The van der Waals surface area contributed by atoms with Crippen molar-refractivity contribution in [3.8, 4) is 0 Å². The normalized spacial score (nSPS) is 10.9. The molecular weight excluding hydrogens is 236 g/mol. The Morgan fingerprint density at radius 1 is 1.06 bits per heavy atom. The van der Waals surface area contributed by atoms with Gasteiger partial charge < -0.3 is 37.7 Å². The Bertz CT molecular complexity index is 345. The predicted octanol–water partition coefficient (Wildman–Crippen LogP) is -3.80. The maximum absolute atomic E-state index is 10.9. The van der Waals surface area contributed by atoms with Crippen molar-refractivity contribution < 1.29 is 24.4 Å². The van der Waals surface area contributed by atoms with Gasteiger partial charge in [0.05, 0.1) is 6.42 Å². The second-order valence-corrected chi connectivity index (χ2v) is 2.63. The molecule has 0 aliphatic carbocycles. The highest BCUT2D eigenvalue weighted by atomic mass is 16.7. The number of nitrogens with zero attached hydrogens (tertiary/aromatic N) is 2. The SMILES string of the molecule is NC(N)=NOC(=O)CC(O)C(=O)ON=C(N)N. The van der Waals surface area contributed by atoms with Crippen LogP contribution in [0.25, 0.3) is 0 Å². The second-order valence-electron chi connectivity index (χ2n) is 2.63. The fourth-order valence-corrected chi connectivity index (χ4v) is 0.541. The largest absolute Gasteiger partial charge is 0.381 e. The van der Waals surface area contributed by atoms with Crippen LogP contribution >= 0.6 is 0 Å². The topological polar surface area (TPSA) is 202 Å². The number of aliphatic hydroxyl groups is 1. The van der Waals surface area contributed by atoms with Crippen LogP contribution in [-0.4, -0.2) is 35.1 Å². The third kappa shape index (κ3) is 7.38. The third-order valence-electron chi connectivity index (χ3n) is 1.13. The van der Waals surface area contributed by atoms with Crippen LogP contribution in [0.5, 0.6) is 0 Å². The lowest BCUT2D eigenvalue weighted by Gasteiger charge is -2.04. The number of carbonyl (C=O) groups excluding carboxylic acids is 2. The molecule has 1 unspecified atom stereocenters. The molecule has 0 bridgehead atoms. The van der Waals surface area contributed by atoms with Crippen molar-refractivity contribution in [1.29, 1.82) is 0 Å². The summed E-state index contributed by atoms with van der Waals surface area (Å²) in [6.45, 7) is 0. The second kappa shape index (κ2) is 6.84. The first kappa shape index (κ1) is 14.4. The minimum absolute atomic E-state index is 0.490. The Labute approximate surface area is 95.0 Å². The Morgan fingerprint density at radius 2 is 1.53 bits per heavy atom. The van der Waals surface area contributed by atoms with Gasteiger partial charge in [-0.3, -0.25) is 0 Å². The van der Waals surface area contributed by atoms with Gasteiger partial charge in [0.25, 0.3) is 0 Å². The summed E-state index contributed by atoms with van der Waals surface area (Å²) in [4.78, 5) is 30.0. The van der Waals surface area contributed by atoms with Gasteiger partial charge in [-0.1, -0.05) is 0 Å². The van der Waals surface area contributed by atoms with Gasteiger partial charge in [-0.2, -0.15) is 0 Å². The summed E-state index contributed by atoms with van der Waals surface area (Å²) >= 11 is 0. The molecule has 0 rings (SSSR count). The van der Waals surface area contributed by atoms with Crippen molar-refractivity contribution in [2.45, 2.75) is 12.5 Å². The predicted molar refractivity (Wildman–Crippen MR) is 54.4 cm³/mol. The Hall–Kier alpha value is -2.56. The van der Waals surface area contributed by atoms with Crippen molar-refractivity contribution in [2.24, 2.45) is 33.2 Å². The van der Waals surface area contributed by atoms with Gasteiger partial charge in [-0.15, -0.1) is 0 Å². The molecule has 0 aromatic carbocycles. The van der Waals surface area contributed by atoms with E-state index in [1.54, 1.807) is 0 Å². The van der Waals surface area contributed by atoms with E-state index in [1.807, 2.05) is 0 Å². The van der Waals surface area contributed by atoms with Crippen LogP contribution in [0.3, 0.4) is 0 Å². The number of hydrogen-bond donors (Lipinski definition) is 5. The third-order valence-corrected chi connectivity index (χ3v) is 1.13. The molecular formula is C6H12N6O5. The summed E-state index contributed by atoms with van der Waals surface area (Å²) in [5.41, 5.74) is 19.4. The fourth-order valence-electron chi connectivity index (χ4n) is 0.541. The average Bonchev–Trinajstić information content (AvgIpc) is 2.22. The van der Waals surface area contributed by atoms with Crippen LogP contribution < -0.4 is 22.9 Å². The van der Waals surface area contributed by atoms with Gasteiger partial charge in [0.2, 0.25) is 11.9 Å². The Kier molecular flexibility index (Phi) is 5.81. The molecule has 17 heavy (non-hydrogen) atoms. The van der Waals surface area contributed by atoms with E-state index in [4.69, 9.17) is 28.0 Å². The van der Waals surface area contributed by atoms with Crippen molar-refractivity contribution in [3.63, 3.8) is 0 Å². The first-order valence-electron chi connectivity index (χ1n) is 4.09. The smallest absolute Gasteiger partial charge is 0.363 e. The van der Waals surface area contributed by atoms with E-state index in [2.05, 4.69) is 20.0 Å². The monoisotopic (exact) mass is 248 g/mol.